The summed E-state index contributed by atoms with van der Waals surface area (Å²) in [6, 6.07) is 14.2. The third-order valence-corrected chi connectivity index (χ3v) is 3.23. The van der Waals surface area contributed by atoms with E-state index in [0.717, 1.165) is 29.3 Å². The van der Waals surface area contributed by atoms with Crippen LogP contribution in [0.3, 0.4) is 0 Å². The van der Waals surface area contributed by atoms with Gasteiger partial charge in [0.05, 0.1) is 13.2 Å². The zero-order valence-electron chi connectivity index (χ0n) is 13.1. The number of hydrogen-bond donors (Lipinski definition) is 1. The summed E-state index contributed by atoms with van der Waals surface area (Å²) < 4.78 is 11.1. The van der Waals surface area contributed by atoms with E-state index in [1.54, 1.807) is 7.11 Å². The Labute approximate surface area is 126 Å². The van der Waals surface area contributed by atoms with Gasteiger partial charge in [0.2, 0.25) is 0 Å². The maximum absolute atomic E-state index is 5.70. The molecule has 0 aromatic heterocycles. The van der Waals surface area contributed by atoms with E-state index in [9.17, 15) is 0 Å². The van der Waals surface area contributed by atoms with Gasteiger partial charge >= 0.3 is 0 Å². The minimum atomic E-state index is 0.191. The third kappa shape index (κ3) is 4.15. The zero-order valence-corrected chi connectivity index (χ0v) is 13.1. The Kier molecular flexibility index (Phi) is 5.09. The molecular weight excluding hydrogens is 262 g/mol. The second-order valence-electron chi connectivity index (χ2n) is 5.31. The maximum atomic E-state index is 5.70. The van der Waals surface area contributed by atoms with Crippen molar-refractivity contribution in [2.24, 2.45) is 0 Å². The van der Waals surface area contributed by atoms with Gasteiger partial charge in [-0.15, -0.1) is 0 Å². The van der Waals surface area contributed by atoms with Gasteiger partial charge in [-0.05, 0) is 50.6 Å². The Morgan fingerprint density at radius 1 is 1.10 bits per heavy atom. The Bertz CT molecular complexity index is 594. The van der Waals surface area contributed by atoms with E-state index >= 15 is 0 Å². The summed E-state index contributed by atoms with van der Waals surface area (Å²) in [5.41, 5.74) is 3.42. The molecule has 0 fully saturated rings. The first-order valence-corrected chi connectivity index (χ1v) is 7.23. The molecule has 0 aliphatic rings. The van der Waals surface area contributed by atoms with Crippen molar-refractivity contribution in [1.29, 1.82) is 0 Å². The van der Waals surface area contributed by atoms with Crippen LogP contribution in [-0.4, -0.2) is 13.2 Å². The predicted octanol–water partition coefficient (Wildman–Crippen LogP) is 4.40. The van der Waals surface area contributed by atoms with Crippen LogP contribution < -0.4 is 14.8 Å². The second-order valence-corrected chi connectivity index (χ2v) is 5.31. The van der Waals surface area contributed by atoms with Crippen molar-refractivity contribution in [2.45, 2.75) is 33.4 Å². The summed E-state index contributed by atoms with van der Waals surface area (Å²) >= 11 is 0. The highest BCUT2D eigenvalue weighted by Gasteiger charge is 2.05. The van der Waals surface area contributed by atoms with E-state index in [4.69, 9.17) is 9.47 Å². The summed E-state index contributed by atoms with van der Waals surface area (Å²) in [5, 5.41) is 3.45. The molecule has 0 aliphatic carbocycles. The first kappa shape index (κ1) is 15.2. The van der Waals surface area contributed by atoms with Gasteiger partial charge < -0.3 is 14.8 Å². The molecule has 2 aromatic rings. The van der Waals surface area contributed by atoms with E-state index in [-0.39, 0.29) is 6.10 Å². The van der Waals surface area contributed by atoms with Crippen molar-refractivity contribution >= 4 is 5.69 Å². The van der Waals surface area contributed by atoms with Gasteiger partial charge in [0.15, 0.2) is 0 Å². The number of hydrogen-bond acceptors (Lipinski definition) is 3. The SMILES string of the molecule is COc1ccccc1CNc1ccc(OC(C)C)cc1C. The molecule has 0 saturated carbocycles. The lowest BCUT2D eigenvalue weighted by Gasteiger charge is -2.15. The number of nitrogens with one attached hydrogen (secondary N) is 1. The minimum Gasteiger partial charge on any atom is -0.496 e. The highest BCUT2D eigenvalue weighted by Crippen LogP contribution is 2.24. The second kappa shape index (κ2) is 7.02. The van der Waals surface area contributed by atoms with Crippen molar-refractivity contribution < 1.29 is 9.47 Å². The summed E-state index contributed by atoms with van der Waals surface area (Å²) in [6.07, 6.45) is 0.191. The molecule has 21 heavy (non-hydrogen) atoms. The van der Waals surface area contributed by atoms with Gasteiger partial charge in [-0.25, -0.2) is 0 Å². The molecule has 0 spiro atoms. The fraction of sp³-hybridized carbons (Fsp3) is 0.333. The summed E-state index contributed by atoms with van der Waals surface area (Å²) in [6.45, 7) is 6.87. The van der Waals surface area contributed by atoms with Crippen LogP contribution >= 0.6 is 0 Å². The quantitative estimate of drug-likeness (QED) is 0.853. The average molecular weight is 285 g/mol. The molecule has 0 atom stereocenters. The normalized spacial score (nSPS) is 10.5. The maximum Gasteiger partial charge on any atom is 0.123 e. The molecule has 3 nitrogen and oxygen atoms in total. The van der Waals surface area contributed by atoms with Gasteiger partial charge in [0.1, 0.15) is 11.5 Å². The zero-order chi connectivity index (χ0) is 15.2. The number of rotatable bonds is 6. The molecular formula is C18H23NO2. The van der Waals surface area contributed by atoms with Gasteiger partial charge in [-0.2, -0.15) is 0 Å². The van der Waals surface area contributed by atoms with Crippen LogP contribution in [-0.2, 0) is 6.54 Å². The van der Waals surface area contributed by atoms with Crippen LogP contribution in [0, 0.1) is 6.92 Å². The molecule has 0 bridgehead atoms. The summed E-state index contributed by atoms with van der Waals surface area (Å²) in [4.78, 5) is 0. The molecule has 0 unspecified atom stereocenters. The van der Waals surface area contributed by atoms with E-state index in [2.05, 4.69) is 30.4 Å². The van der Waals surface area contributed by atoms with Crippen molar-refractivity contribution in [1.82, 2.24) is 0 Å². The van der Waals surface area contributed by atoms with Gasteiger partial charge in [-0.3, -0.25) is 0 Å². The van der Waals surface area contributed by atoms with Crippen LogP contribution in [0.5, 0.6) is 11.5 Å². The topological polar surface area (TPSA) is 30.5 Å². The lowest BCUT2D eigenvalue weighted by molar-refractivity contribution is 0.242. The molecule has 0 saturated heterocycles. The van der Waals surface area contributed by atoms with Crippen LogP contribution in [0.15, 0.2) is 42.5 Å². The smallest absolute Gasteiger partial charge is 0.123 e. The lowest BCUT2D eigenvalue weighted by atomic mass is 10.1. The van der Waals surface area contributed by atoms with Crippen molar-refractivity contribution in [2.75, 3.05) is 12.4 Å². The van der Waals surface area contributed by atoms with Crippen LogP contribution in [0.4, 0.5) is 5.69 Å². The molecule has 0 aliphatic heterocycles. The Balaban J connectivity index is 2.06. The molecule has 0 radical (unpaired) electrons. The molecule has 1 N–H and O–H groups in total. The van der Waals surface area contributed by atoms with Crippen LogP contribution in [0.25, 0.3) is 0 Å². The summed E-state index contributed by atoms with van der Waals surface area (Å²) in [7, 11) is 1.70. The van der Waals surface area contributed by atoms with Crippen molar-refractivity contribution in [3.8, 4) is 11.5 Å². The number of methoxy groups -OCH3 is 1. The minimum absolute atomic E-state index is 0.191. The Hall–Kier alpha value is -2.16. The van der Waals surface area contributed by atoms with Crippen molar-refractivity contribution in [3.63, 3.8) is 0 Å². The van der Waals surface area contributed by atoms with Crippen LogP contribution in [0.1, 0.15) is 25.0 Å². The number of para-hydroxylation sites is 1. The highest BCUT2D eigenvalue weighted by atomic mass is 16.5. The first-order valence-electron chi connectivity index (χ1n) is 7.23. The number of anilines is 1. The number of aryl methyl sites for hydroxylation is 1. The fourth-order valence-electron chi connectivity index (χ4n) is 2.22. The Morgan fingerprint density at radius 3 is 2.52 bits per heavy atom. The number of benzene rings is 2. The lowest BCUT2D eigenvalue weighted by Crippen LogP contribution is -2.06. The van der Waals surface area contributed by atoms with Crippen molar-refractivity contribution in [3.05, 3.63) is 53.6 Å². The molecule has 112 valence electrons. The largest absolute Gasteiger partial charge is 0.496 e. The summed E-state index contributed by atoms with van der Waals surface area (Å²) in [5.74, 6) is 1.81. The molecule has 2 aromatic carbocycles. The molecule has 2 rings (SSSR count). The third-order valence-electron chi connectivity index (χ3n) is 3.23. The van der Waals surface area contributed by atoms with Gasteiger partial charge in [-0.1, -0.05) is 18.2 Å². The monoisotopic (exact) mass is 285 g/mol. The van der Waals surface area contributed by atoms with Gasteiger partial charge in [0.25, 0.3) is 0 Å². The van der Waals surface area contributed by atoms with E-state index in [0.29, 0.717) is 0 Å². The first-order chi connectivity index (χ1) is 10.1. The fourth-order valence-corrected chi connectivity index (χ4v) is 2.22. The Morgan fingerprint density at radius 2 is 1.86 bits per heavy atom. The molecule has 0 heterocycles. The van der Waals surface area contributed by atoms with E-state index in [1.165, 1.54) is 5.56 Å². The predicted molar refractivity (Wildman–Crippen MR) is 87.3 cm³/mol. The average Bonchev–Trinajstić information content (AvgIpc) is 2.46. The molecule has 0 amide bonds. The van der Waals surface area contributed by atoms with Gasteiger partial charge in [0, 0.05) is 17.8 Å². The number of ether oxygens (including phenoxy) is 2. The van der Waals surface area contributed by atoms with E-state index in [1.807, 2.05) is 38.1 Å². The van der Waals surface area contributed by atoms with E-state index < -0.39 is 0 Å². The van der Waals surface area contributed by atoms with Crippen LogP contribution in [0.2, 0.25) is 0 Å². The highest BCUT2D eigenvalue weighted by molar-refractivity contribution is 5.54. The standard InChI is InChI=1S/C18H23NO2/c1-13(2)21-16-9-10-17(14(3)11-16)19-12-15-7-5-6-8-18(15)20-4/h5-11,13,19H,12H2,1-4H3. The molecule has 3 heteroatoms.